The van der Waals surface area contributed by atoms with Crippen molar-refractivity contribution in [2.24, 2.45) is 0 Å². The first-order valence-electron chi connectivity index (χ1n) is 9.13. The molecule has 1 aliphatic heterocycles. The summed E-state index contributed by atoms with van der Waals surface area (Å²) < 4.78 is 40.7. The Morgan fingerprint density at radius 1 is 0.893 bits per heavy atom. The number of hydrogen-bond acceptors (Lipinski definition) is 4. The molecular weight excluding hydrogens is 377 g/mol. The lowest BCUT2D eigenvalue weighted by Gasteiger charge is -2.33. The van der Waals surface area contributed by atoms with Crippen molar-refractivity contribution in [2.45, 2.75) is 18.4 Å². The summed E-state index contributed by atoms with van der Waals surface area (Å²) in [6.07, 6.45) is 3.94. The summed E-state index contributed by atoms with van der Waals surface area (Å²) in [5.74, 6) is -0.665. The average molecular weight is 397 g/mol. The van der Waals surface area contributed by atoms with Crippen LogP contribution in [0.3, 0.4) is 0 Å². The van der Waals surface area contributed by atoms with E-state index in [1.807, 2.05) is 36.4 Å². The Bertz CT molecular complexity index is 989. The van der Waals surface area contributed by atoms with Crippen molar-refractivity contribution < 1.29 is 12.8 Å². The van der Waals surface area contributed by atoms with E-state index >= 15 is 0 Å². The third-order valence-corrected chi connectivity index (χ3v) is 6.92. The van der Waals surface area contributed by atoms with Crippen LogP contribution in [-0.4, -0.2) is 35.0 Å². The fourth-order valence-electron chi connectivity index (χ4n) is 3.75. The molecule has 1 aliphatic rings. The van der Waals surface area contributed by atoms with Gasteiger partial charge in [0.25, 0.3) is 0 Å². The molecule has 5 nitrogen and oxygen atoms in total. The fraction of sp³-hybridized carbons (Fsp3) is 0.238. The smallest absolute Gasteiger partial charge is 0.214 e. The van der Waals surface area contributed by atoms with Gasteiger partial charge in [0.15, 0.2) is 0 Å². The Morgan fingerprint density at radius 2 is 1.50 bits per heavy atom. The highest BCUT2D eigenvalue weighted by molar-refractivity contribution is 7.89. The quantitative estimate of drug-likeness (QED) is 0.661. The zero-order valence-electron chi connectivity index (χ0n) is 15.1. The van der Waals surface area contributed by atoms with Gasteiger partial charge in [-0.05, 0) is 48.4 Å². The van der Waals surface area contributed by atoms with E-state index < -0.39 is 22.0 Å². The zero-order chi connectivity index (χ0) is 19.6. The maximum atomic E-state index is 13.6. The van der Waals surface area contributed by atoms with E-state index in [2.05, 4.69) is 9.97 Å². The summed E-state index contributed by atoms with van der Waals surface area (Å²) in [7, 11) is -3.42. The molecule has 0 bridgehead atoms. The maximum absolute atomic E-state index is 13.6. The summed E-state index contributed by atoms with van der Waals surface area (Å²) in [5, 5.41) is 0. The first-order valence-corrected chi connectivity index (χ1v) is 10.7. The lowest BCUT2D eigenvalue weighted by molar-refractivity contribution is 0.315. The Kier molecular flexibility index (Phi) is 5.19. The molecule has 1 atom stereocenters. The van der Waals surface area contributed by atoms with E-state index in [0.717, 1.165) is 11.4 Å². The molecule has 3 heterocycles. The minimum atomic E-state index is -3.42. The summed E-state index contributed by atoms with van der Waals surface area (Å²) in [6, 6.07) is 16.6. The van der Waals surface area contributed by atoms with E-state index in [0.29, 0.717) is 18.5 Å². The highest BCUT2D eigenvalue weighted by atomic mass is 32.2. The number of aromatic nitrogens is 2. The van der Waals surface area contributed by atoms with Gasteiger partial charge in [0.2, 0.25) is 10.0 Å². The minimum Gasteiger partial charge on any atom is -0.261 e. The maximum Gasteiger partial charge on any atom is 0.214 e. The van der Waals surface area contributed by atoms with Crippen LogP contribution < -0.4 is 0 Å². The van der Waals surface area contributed by atoms with E-state index in [-0.39, 0.29) is 11.6 Å². The summed E-state index contributed by atoms with van der Waals surface area (Å²) in [4.78, 5) is 9.01. The SMILES string of the molecule is O=S1(=O)CCCN1C(c1ccc(F)cc1)C(c1ccccn1)c1ccccn1. The molecule has 4 rings (SSSR count). The van der Waals surface area contributed by atoms with Crippen molar-refractivity contribution in [1.29, 1.82) is 0 Å². The van der Waals surface area contributed by atoms with Crippen LogP contribution in [0.5, 0.6) is 0 Å². The Morgan fingerprint density at radius 3 is 1.96 bits per heavy atom. The Labute approximate surface area is 163 Å². The molecular formula is C21H20FN3O2S. The molecule has 1 saturated heterocycles. The van der Waals surface area contributed by atoms with Crippen LogP contribution in [0.25, 0.3) is 0 Å². The fourth-order valence-corrected chi connectivity index (χ4v) is 5.48. The Balaban J connectivity index is 1.92. The molecule has 1 fully saturated rings. The number of hydrogen-bond donors (Lipinski definition) is 0. The summed E-state index contributed by atoms with van der Waals surface area (Å²) in [6.45, 7) is 0.417. The van der Waals surface area contributed by atoms with Gasteiger partial charge in [0.05, 0.1) is 29.1 Å². The third-order valence-electron chi connectivity index (χ3n) is 4.99. The molecule has 0 amide bonds. The second-order valence-corrected chi connectivity index (χ2v) is 8.80. The molecule has 28 heavy (non-hydrogen) atoms. The summed E-state index contributed by atoms with van der Waals surface area (Å²) in [5.41, 5.74) is 2.16. The number of rotatable bonds is 5. The number of nitrogens with zero attached hydrogens (tertiary/aromatic N) is 3. The van der Waals surface area contributed by atoms with Crippen molar-refractivity contribution in [1.82, 2.24) is 14.3 Å². The van der Waals surface area contributed by atoms with E-state index in [9.17, 15) is 12.8 Å². The molecule has 0 N–H and O–H groups in total. The monoisotopic (exact) mass is 397 g/mol. The number of halogens is 1. The second-order valence-electron chi connectivity index (χ2n) is 6.76. The van der Waals surface area contributed by atoms with E-state index in [1.165, 1.54) is 16.4 Å². The first kappa shape index (κ1) is 18.7. The molecule has 1 aromatic carbocycles. The Hall–Kier alpha value is -2.64. The molecule has 144 valence electrons. The predicted octanol–water partition coefficient (Wildman–Crippen LogP) is 3.52. The molecule has 0 aliphatic carbocycles. The van der Waals surface area contributed by atoms with Gasteiger partial charge in [0, 0.05) is 18.9 Å². The highest BCUT2D eigenvalue weighted by Gasteiger charge is 2.41. The average Bonchev–Trinajstić information content (AvgIpc) is 3.07. The highest BCUT2D eigenvalue weighted by Crippen LogP contribution is 2.42. The predicted molar refractivity (Wildman–Crippen MR) is 105 cm³/mol. The zero-order valence-corrected chi connectivity index (χ0v) is 16.0. The van der Waals surface area contributed by atoms with Crippen LogP contribution in [0.2, 0.25) is 0 Å². The van der Waals surface area contributed by atoms with Gasteiger partial charge in [-0.2, -0.15) is 4.31 Å². The minimum absolute atomic E-state index is 0.113. The van der Waals surface area contributed by atoms with Gasteiger partial charge in [-0.3, -0.25) is 9.97 Å². The van der Waals surface area contributed by atoms with Crippen molar-refractivity contribution in [3.63, 3.8) is 0 Å². The molecule has 3 aromatic rings. The van der Waals surface area contributed by atoms with Gasteiger partial charge in [0.1, 0.15) is 5.82 Å². The van der Waals surface area contributed by atoms with Gasteiger partial charge in [-0.15, -0.1) is 0 Å². The molecule has 0 radical (unpaired) electrons. The lowest BCUT2D eigenvalue weighted by atomic mass is 9.86. The topological polar surface area (TPSA) is 63.2 Å². The second kappa shape index (κ2) is 7.77. The normalized spacial score (nSPS) is 17.6. The standard InChI is InChI=1S/C21H20FN3O2S/c22-17-10-8-16(9-11-17)21(25-14-5-15-28(25,26)27)20(18-6-1-3-12-23-18)19-7-2-4-13-24-19/h1-4,6-13,20-21H,5,14-15H2. The van der Waals surface area contributed by atoms with Crippen molar-refractivity contribution >= 4 is 10.0 Å². The van der Waals surface area contributed by atoms with E-state index in [4.69, 9.17) is 0 Å². The first-order chi connectivity index (χ1) is 13.6. The van der Waals surface area contributed by atoms with Crippen LogP contribution in [0.4, 0.5) is 4.39 Å². The number of sulfonamides is 1. The summed E-state index contributed by atoms with van der Waals surface area (Å²) >= 11 is 0. The van der Waals surface area contributed by atoms with Crippen molar-refractivity contribution in [2.75, 3.05) is 12.3 Å². The van der Waals surface area contributed by atoms with Crippen LogP contribution in [0.15, 0.2) is 73.1 Å². The molecule has 7 heteroatoms. The van der Waals surface area contributed by atoms with E-state index in [1.54, 1.807) is 24.5 Å². The van der Waals surface area contributed by atoms with Gasteiger partial charge in [-0.25, -0.2) is 12.8 Å². The molecule has 0 saturated carbocycles. The molecule has 1 unspecified atom stereocenters. The van der Waals surface area contributed by atoms with Crippen LogP contribution in [0, 0.1) is 5.82 Å². The number of benzene rings is 1. The van der Waals surface area contributed by atoms with Gasteiger partial charge < -0.3 is 0 Å². The van der Waals surface area contributed by atoms with Crippen molar-refractivity contribution in [3.8, 4) is 0 Å². The number of pyridine rings is 2. The van der Waals surface area contributed by atoms with Gasteiger partial charge in [-0.1, -0.05) is 24.3 Å². The molecule has 2 aromatic heterocycles. The van der Waals surface area contributed by atoms with Crippen LogP contribution in [-0.2, 0) is 10.0 Å². The lowest BCUT2D eigenvalue weighted by Crippen LogP contribution is -2.35. The van der Waals surface area contributed by atoms with Gasteiger partial charge >= 0.3 is 0 Å². The third kappa shape index (κ3) is 3.68. The van der Waals surface area contributed by atoms with Crippen LogP contribution >= 0.6 is 0 Å². The molecule has 0 spiro atoms. The van der Waals surface area contributed by atoms with Crippen molar-refractivity contribution in [3.05, 3.63) is 95.8 Å². The van der Waals surface area contributed by atoms with Crippen LogP contribution in [0.1, 0.15) is 35.3 Å². The largest absolute Gasteiger partial charge is 0.261 e.